The standard InChI is InChI=1S/C17H13ClN2O/c1-12-7-8-16-13(9-12)10-14(17(18)19-16)11-20(21)15-5-3-2-4-6-15/h2-11H,1H3/b20-11-. The minimum atomic E-state index is 0.322. The van der Waals surface area contributed by atoms with E-state index in [1.807, 2.05) is 49.4 Å². The Bertz CT molecular complexity index is 829. The second kappa shape index (κ2) is 5.54. The lowest BCUT2D eigenvalue weighted by Crippen LogP contribution is -2.00. The number of fused-ring (bicyclic) bond motifs is 1. The summed E-state index contributed by atoms with van der Waals surface area (Å²) >= 11 is 6.17. The van der Waals surface area contributed by atoms with Crippen molar-refractivity contribution in [2.75, 3.05) is 0 Å². The van der Waals surface area contributed by atoms with Crippen molar-refractivity contribution in [1.82, 2.24) is 4.98 Å². The summed E-state index contributed by atoms with van der Waals surface area (Å²) in [4.78, 5) is 4.33. The molecule has 0 radical (unpaired) electrons. The topological polar surface area (TPSA) is 39.0 Å². The third-order valence-electron chi connectivity index (χ3n) is 3.22. The van der Waals surface area contributed by atoms with Crippen LogP contribution >= 0.6 is 11.6 Å². The molecule has 0 aliphatic rings. The van der Waals surface area contributed by atoms with Gasteiger partial charge >= 0.3 is 0 Å². The Balaban J connectivity index is 2.10. The zero-order chi connectivity index (χ0) is 14.8. The Morgan fingerprint density at radius 3 is 2.62 bits per heavy atom. The van der Waals surface area contributed by atoms with Gasteiger partial charge in [-0.15, -0.1) is 0 Å². The summed E-state index contributed by atoms with van der Waals surface area (Å²) in [6, 6.07) is 16.8. The Morgan fingerprint density at radius 2 is 1.86 bits per heavy atom. The smallest absolute Gasteiger partial charge is 0.216 e. The van der Waals surface area contributed by atoms with E-state index in [9.17, 15) is 5.21 Å². The van der Waals surface area contributed by atoms with Crippen LogP contribution in [0.15, 0.2) is 54.6 Å². The van der Waals surface area contributed by atoms with Crippen LogP contribution in [0.3, 0.4) is 0 Å². The van der Waals surface area contributed by atoms with Crippen LogP contribution in [0.1, 0.15) is 11.1 Å². The van der Waals surface area contributed by atoms with Gasteiger partial charge in [-0.05, 0) is 25.1 Å². The van der Waals surface area contributed by atoms with Crippen LogP contribution in [0.4, 0.5) is 5.69 Å². The molecule has 104 valence electrons. The molecular formula is C17H13ClN2O. The van der Waals surface area contributed by atoms with Gasteiger partial charge in [0.1, 0.15) is 5.15 Å². The zero-order valence-corrected chi connectivity index (χ0v) is 12.2. The van der Waals surface area contributed by atoms with Crippen molar-refractivity contribution in [3.8, 4) is 0 Å². The first-order valence-electron chi connectivity index (χ1n) is 6.57. The van der Waals surface area contributed by atoms with Crippen LogP contribution in [0.2, 0.25) is 5.15 Å². The molecule has 0 saturated heterocycles. The predicted molar refractivity (Wildman–Crippen MR) is 86.4 cm³/mol. The van der Waals surface area contributed by atoms with Gasteiger partial charge in [-0.1, -0.05) is 41.4 Å². The monoisotopic (exact) mass is 296 g/mol. The van der Waals surface area contributed by atoms with E-state index in [2.05, 4.69) is 4.98 Å². The first-order valence-corrected chi connectivity index (χ1v) is 6.94. The van der Waals surface area contributed by atoms with E-state index in [-0.39, 0.29) is 0 Å². The Morgan fingerprint density at radius 1 is 1.10 bits per heavy atom. The summed E-state index contributed by atoms with van der Waals surface area (Å²) in [5.74, 6) is 0. The molecule has 21 heavy (non-hydrogen) atoms. The number of benzene rings is 2. The molecule has 0 saturated carbocycles. The van der Waals surface area contributed by atoms with Crippen molar-refractivity contribution in [3.63, 3.8) is 0 Å². The van der Waals surface area contributed by atoms with Crippen molar-refractivity contribution in [2.45, 2.75) is 6.92 Å². The quantitative estimate of drug-likeness (QED) is 0.230. The fraction of sp³-hybridized carbons (Fsp3) is 0.0588. The van der Waals surface area contributed by atoms with Crippen LogP contribution in [-0.2, 0) is 0 Å². The highest BCUT2D eigenvalue weighted by atomic mass is 35.5. The minimum absolute atomic E-state index is 0.322. The molecule has 4 heteroatoms. The molecule has 0 amide bonds. The number of hydrogen-bond acceptors (Lipinski definition) is 2. The van der Waals surface area contributed by atoms with Crippen molar-refractivity contribution in [3.05, 3.63) is 76.1 Å². The SMILES string of the molecule is Cc1ccc2nc(Cl)c(/C=[N+](\[O-])c3ccccc3)cc2c1. The number of aromatic nitrogens is 1. The van der Waals surface area contributed by atoms with Crippen LogP contribution in [0, 0.1) is 12.1 Å². The summed E-state index contributed by atoms with van der Waals surface area (Å²) < 4.78 is 0.796. The number of nitrogens with zero attached hydrogens (tertiary/aromatic N) is 2. The van der Waals surface area contributed by atoms with Crippen molar-refractivity contribution in [2.24, 2.45) is 0 Å². The average Bonchev–Trinajstić information content (AvgIpc) is 2.49. The minimum Gasteiger partial charge on any atom is -0.618 e. The normalized spacial score (nSPS) is 11.8. The van der Waals surface area contributed by atoms with Gasteiger partial charge < -0.3 is 5.21 Å². The molecule has 1 aromatic heterocycles. The molecule has 0 aliphatic carbocycles. The molecule has 0 spiro atoms. The molecule has 3 aromatic rings. The van der Waals surface area contributed by atoms with Gasteiger partial charge in [0.05, 0.1) is 11.1 Å². The molecule has 0 atom stereocenters. The van der Waals surface area contributed by atoms with Crippen LogP contribution in [-0.4, -0.2) is 15.9 Å². The maximum atomic E-state index is 12.1. The molecule has 2 aromatic carbocycles. The van der Waals surface area contributed by atoms with E-state index >= 15 is 0 Å². The lowest BCUT2D eigenvalue weighted by atomic mass is 10.1. The molecule has 0 N–H and O–H groups in total. The number of para-hydroxylation sites is 1. The molecule has 1 heterocycles. The summed E-state index contributed by atoms with van der Waals surface area (Å²) in [5.41, 5.74) is 3.12. The lowest BCUT2D eigenvalue weighted by molar-refractivity contribution is -0.354. The van der Waals surface area contributed by atoms with Crippen molar-refractivity contribution >= 4 is 34.4 Å². The van der Waals surface area contributed by atoms with E-state index in [1.165, 1.54) is 6.21 Å². The zero-order valence-electron chi connectivity index (χ0n) is 11.5. The highest BCUT2D eigenvalue weighted by Gasteiger charge is 2.08. The van der Waals surface area contributed by atoms with Crippen molar-refractivity contribution < 1.29 is 4.74 Å². The maximum absolute atomic E-state index is 12.1. The largest absolute Gasteiger partial charge is 0.618 e. The third-order valence-corrected chi connectivity index (χ3v) is 3.52. The van der Waals surface area contributed by atoms with Crippen molar-refractivity contribution in [1.29, 1.82) is 0 Å². The molecule has 3 rings (SSSR count). The number of aryl methyl sites for hydroxylation is 1. The highest BCUT2D eigenvalue weighted by molar-refractivity contribution is 6.32. The van der Waals surface area contributed by atoms with Gasteiger partial charge in [0.15, 0.2) is 6.21 Å². The second-order valence-electron chi connectivity index (χ2n) is 4.86. The molecule has 0 bridgehead atoms. The van der Waals surface area contributed by atoms with E-state index < -0.39 is 0 Å². The average molecular weight is 297 g/mol. The van der Waals surface area contributed by atoms with Crippen LogP contribution in [0.5, 0.6) is 0 Å². The van der Waals surface area contributed by atoms with E-state index in [0.717, 1.165) is 21.2 Å². The summed E-state index contributed by atoms with van der Waals surface area (Å²) in [6.07, 6.45) is 1.45. The number of hydrogen-bond donors (Lipinski definition) is 0. The third kappa shape index (κ3) is 2.88. The van der Waals surface area contributed by atoms with Gasteiger partial charge in [0.25, 0.3) is 0 Å². The van der Waals surface area contributed by atoms with Crippen LogP contribution in [0.25, 0.3) is 10.9 Å². The molecule has 3 nitrogen and oxygen atoms in total. The van der Waals surface area contributed by atoms with E-state index in [4.69, 9.17) is 11.6 Å². The van der Waals surface area contributed by atoms with E-state index in [0.29, 0.717) is 16.4 Å². The number of halogens is 1. The van der Waals surface area contributed by atoms with Gasteiger partial charge in [-0.2, -0.15) is 4.74 Å². The Kier molecular flexibility index (Phi) is 3.59. The fourth-order valence-corrected chi connectivity index (χ4v) is 2.35. The summed E-state index contributed by atoms with van der Waals surface area (Å²) in [7, 11) is 0. The number of rotatable bonds is 2. The first-order chi connectivity index (χ1) is 10.1. The summed E-state index contributed by atoms with van der Waals surface area (Å²) in [5, 5.41) is 13.4. The lowest BCUT2D eigenvalue weighted by Gasteiger charge is -2.05. The van der Waals surface area contributed by atoms with Crippen LogP contribution < -0.4 is 0 Å². The summed E-state index contributed by atoms with van der Waals surface area (Å²) in [6.45, 7) is 2.02. The predicted octanol–water partition coefficient (Wildman–Crippen LogP) is 4.46. The van der Waals surface area contributed by atoms with E-state index in [1.54, 1.807) is 12.1 Å². The highest BCUT2D eigenvalue weighted by Crippen LogP contribution is 2.21. The van der Waals surface area contributed by atoms with Gasteiger partial charge in [0, 0.05) is 17.5 Å². The Labute approximate surface area is 127 Å². The Hall–Kier alpha value is -2.39. The molecule has 0 aliphatic heterocycles. The first kappa shape index (κ1) is 13.6. The second-order valence-corrected chi connectivity index (χ2v) is 5.21. The fourth-order valence-electron chi connectivity index (χ4n) is 2.16. The van der Waals surface area contributed by atoms with Gasteiger partial charge in [-0.3, -0.25) is 0 Å². The number of pyridine rings is 1. The maximum Gasteiger partial charge on any atom is 0.216 e. The van der Waals surface area contributed by atoms with Gasteiger partial charge in [0.2, 0.25) is 5.69 Å². The molecule has 0 unspecified atom stereocenters. The molecular weight excluding hydrogens is 284 g/mol. The molecule has 0 fully saturated rings. The van der Waals surface area contributed by atoms with Gasteiger partial charge in [-0.25, -0.2) is 4.98 Å².